The van der Waals surface area contributed by atoms with Crippen LogP contribution in [-0.4, -0.2) is 34.4 Å². The van der Waals surface area contributed by atoms with Crippen LogP contribution in [0.25, 0.3) is 27.9 Å². The van der Waals surface area contributed by atoms with Gasteiger partial charge >= 0.3 is 0 Å². The minimum absolute atomic E-state index is 0.346. The highest BCUT2D eigenvalue weighted by Crippen LogP contribution is 2.43. The van der Waals surface area contributed by atoms with Gasteiger partial charge in [-0.1, -0.05) is 25.1 Å². The van der Waals surface area contributed by atoms with E-state index in [1.807, 2.05) is 59.4 Å². The van der Waals surface area contributed by atoms with E-state index < -0.39 is 10.0 Å². The van der Waals surface area contributed by atoms with Crippen LogP contribution in [0, 0.1) is 0 Å². The number of rotatable bonds is 5. The summed E-state index contributed by atoms with van der Waals surface area (Å²) in [7, 11) is -3.41. The number of pyridine rings is 2. The first-order valence-electron chi connectivity index (χ1n) is 12.2. The van der Waals surface area contributed by atoms with E-state index in [2.05, 4.69) is 38.8 Å². The summed E-state index contributed by atoms with van der Waals surface area (Å²) in [6.45, 7) is 2.44. The van der Waals surface area contributed by atoms with Gasteiger partial charge in [-0.2, -0.15) is 5.10 Å². The molecule has 6 rings (SSSR count). The molecule has 0 atom stereocenters. The molecule has 8 nitrogen and oxygen atoms in total. The van der Waals surface area contributed by atoms with Crippen molar-refractivity contribution < 1.29 is 13.2 Å². The molecule has 0 saturated heterocycles. The van der Waals surface area contributed by atoms with Crippen molar-refractivity contribution in [3.05, 3.63) is 108 Å². The Morgan fingerprint density at radius 3 is 2.66 bits per heavy atom. The predicted octanol–water partition coefficient (Wildman–Crippen LogP) is 5.45. The van der Waals surface area contributed by atoms with Gasteiger partial charge in [0.1, 0.15) is 6.61 Å². The van der Waals surface area contributed by atoms with E-state index in [1.54, 1.807) is 18.5 Å². The molecular formula is C29H25N5O3S. The lowest BCUT2D eigenvalue weighted by Gasteiger charge is -2.18. The number of allylic oxidation sites excluding steroid dienone is 1. The van der Waals surface area contributed by atoms with Gasteiger partial charge in [-0.3, -0.25) is 4.72 Å². The van der Waals surface area contributed by atoms with E-state index in [1.165, 1.54) is 0 Å². The summed E-state index contributed by atoms with van der Waals surface area (Å²) in [5.41, 5.74) is 7.35. The van der Waals surface area contributed by atoms with Gasteiger partial charge in [0, 0.05) is 29.0 Å². The molecule has 0 aliphatic carbocycles. The average molecular weight is 524 g/mol. The third-order valence-electron chi connectivity index (χ3n) is 6.50. The summed E-state index contributed by atoms with van der Waals surface area (Å²) in [6, 6.07) is 21.4. The molecule has 0 radical (unpaired) electrons. The number of benzene rings is 2. The summed E-state index contributed by atoms with van der Waals surface area (Å²) in [6.07, 6.45) is 7.18. The van der Waals surface area contributed by atoms with E-state index in [9.17, 15) is 8.42 Å². The molecule has 9 heteroatoms. The first-order valence-corrected chi connectivity index (χ1v) is 14.1. The maximum Gasteiger partial charge on any atom is 0.229 e. The number of hydrogen-bond donors (Lipinski definition) is 1. The fourth-order valence-electron chi connectivity index (χ4n) is 4.95. The topological polar surface area (TPSA) is 99.0 Å². The number of nitrogens with one attached hydrogen (secondary N) is 1. The molecule has 1 N–H and O–H groups in total. The molecule has 2 aromatic carbocycles. The van der Waals surface area contributed by atoms with Crippen molar-refractivity contribution in [2.45, 2.75) is 20.0 Å². The van der Waals surface area contributed by atoms with Crippen molar-refractivity contribution in [2.24, 2.45) is 0 Å². The first kappa shape index (κ1) is 23.9. The van der Waals surface area contributed by atoms with Gasteiger partial charge in [0.15, 0.2) is 5.82 Å². The minimum Gasteiger partial charge on any atom is -0.472 e. The van der Waals surface area contributed by atoms with E-state index in [4.69, 9.17) is 4.74 Å². The number of ether oxygens (including phenoxy) is 1. The molecule has 0 spiro atoms. The Morgan fingerprint density at radius 1 is 1.00 bits per heavy atom. The van der Waals surface area contributed by atoms with Crippen molar-refractivity contribution >= 4 is 37.8 Å². The van der Waals surface area contributed by atoms with Gasteiger partial charge in [-0.15, -0.1) is 0 Å². The average Bonchev–Trinajstić information content (AvgIpc) is 3.25. The largest absolute Gasteiger partial charge is 0.472 e. The summed E-state index contributed by atoms with van der Waals surface area (Å²) in [5, 5.41) is 5.59. The maximum absolute atomic E-state index is 11.9. The summed E-state index contributed by atoms with van der Waals surface area (Å²) < 4.78 is 34.4. The molecule has 1 aliphatic rings. The standard InChI is InChI=1S/C29H25N5O3S/c1-3-23(19-8-6-9-22(14-19)33-38(2,35)36)28-24-10-7-13-31-29(24)37-18-21-16-26-20(15-25(21)28)17-32-34(26)27-11-4-5-12-30-27/h4-17,33H,3,18H2,1-2H3/b28-23+. The number of anilines is 1. The smallest absolute Gasteiger partial charge is 0.229 e. The fraction of sp³-hybridized carbons (Fsp3) is 0.138. The highest BCUT2D eigenvalue weighted by molar-refractivity contribution is 7.92. The van der Waals surface area contributed by atoms with Crippen molar-refractivity contribution in [3.8, 4) is 11.7 Å². The number of hydrogen-bond acceptors (Lipinski definition) is 6. The molecular weight excluding hydrogens is 498 g/mol. The van der Waals surface area contributed by atoms with Crippen LogP contribution in [0.1, 0.15) is 35.6 Å². The zero-order valence-corrected chi connectivity index (χ0v) is 21.7. The number of nitrogens with zero attached hydrogens (tertiary/aromatic N) is 4. The van der Waals surface area contributed by atoms with Crippen LogP contribution in [0.3, 0.4) is 0 Å². The Labute approximate surface area is 220 Å². The molecule has 0 amide bonds. The molecule has 190 valence electrons. The van der Waals surface area contributed by atoms with Crippen LogP contribution in [0.2, 0.25) is 0 Å². The quantitative estimate of drug-likeness (QED) is 0.329. The van der Waals surface area contributed by atoms with E-state index in [-0.39, 0.29) is 0 Å². The third kappa shape index (κ3) is 4.41. The zero-order chi connectivity index (χ0) is 26.3. The number of aromatic nitrogens is 4. The lowest BCUT2D eigenvalue weighted by Crippen LogP contribution is -2.09. The Balaban J connectivity index is 1.61. The summed E-state index contributed by atoms with van der Waals surface area (Å²) in [4.78, 5) is 9.00. The van der Waals surface area contributed by atoms with E-state index in [0.717, 1.165) is 56.4 Å². The van der Waals surface area contributed by atoms with Crippen molar-refractivity contribution in [2.75, 3.05) is 11.0 Å². The highest BCUT2D eigenvalue weighted by atomic mass is 32.2. The van der Waals surface area contributed by atoms with Crippen molar-refractivity contribution in [3.63, 3.8) is 0 Å². The summed E-state index contributed by atoms with van der Waals surface area (Å²) >= 11 is 0. The van der Waals surface area contributed by atoms with Crippen LogP contribution < -0.4 is 9.46 Å². The zero-order valence-electron chi connectivity index (χ0n) is 20.9. The second-order valence-corrected chi connectivity index (χ2v) is 10.9. The van der Waals surface area contributed by atoms with Crippen LogP contribution in [0.5, 0.6) is 5.88 Å². The predicted molar refractivity (Wildman–Crippen MR) is 149 cm³/mol. The Bertz CT molecular complexity index is 1810. The molecule has 0 fully saturated rings. The first-order chi connectivity index (χ1) is 18.4. The van der Waals surface area contributed by atoms with Gasteiger partial charge in [-0.05, 0) is 82.8 Å². The highest BCUT2D eigenvalue weighted by Gasteiger charge is 2.25. The van der Waals surface area contributed by atoms with Gasteiger partial charge in [0.25, 0.3) is 0 Å². The second-order valence-electron chi connectivity index (χ2n) is 9.12. The lowest BCUT2D eigenvalue weighted by molar-refractivity contribution is 0.295. The molecule has 5 aromatic rings. The number of sulfonamides is 1. The molecule has 0 bridgehead atoms. The minimum atomic E-state index is -3.41. The van der Waals surface area contributed by atoms with Crippen LogP contribution in [-0.2, 0) is 16.6 Å². The van der Waals surface area contributed by atoms with Gasteiger partial charge in [0.05, 0.1) is 18.0 Å². The third-order valence-corrected chi connectivity index (χ3v) is 7.11. The Hall–Kier alpha value is -4.50. The second kappa shape index (κ2) is 9.42. The van der Waals surface area contributed by atoms with Crippen molar-refractivity contribution in [1.82, 2.24) is 19.7 Å². The lowest BCUT2D eigenvalue weighted by atomic mass is 9.86. The number of fused-ring (bicyclic) bond motifs is 3. The molecule has 3 aromatic heterocycles. The van der Waals surface area contributed by atoms with Crippen LogP contribution in [0.15, 0.2) is 85.3 Å². The molecule has 1 aliphatic heterocycles. The fourth-order valence-corrected chi connectivity index (χ4v) is 5.51. The molecule has 38 heavy (non-hydrogen) atoms. The normalized spacial score (nSPS) is 14.3. The van der Waals surface area contributed by atoms with Gasteiger partial charge < -0.3 is 4.74 Å². The monoisotopic (exact) mass is 523 g/mol. The van der Waals surface area contributed by atoms with Crippen molar-refractivity contribution in [1.29, 1.82) is 0 Å². The molecule has 0 saturated carbocycles. The molecule has 0 unspecified atom stereocenters. The van der Waals surface area contributed by atoms with E-state index >= 15 is 0 Å². The Kier molecular flexibility index (Phi) is 5.92. The van der Waals surface area contributed by atoms with Crippen LogP contribution in [0.4, 0.5) is 5.69 Å². The maximum atomic E-state index is 11.9. The van der Waals surface area contributed by atoms with Gasteiger partial charge in [0.2, 0.25) is 15.9 Å². The van der Waals surface area contributed by atoms with Crippen LogP contribution >= 0.6 is 0 Å². The Morgan fingerprint density at radius 2 is 1.87 bits per heavy atom. The van der Waals surface area contributed by atoms with E-state index in [0.29, 0.717) is 24.6 Å². The molecule has 4 heterocycles. The van der Waals surface area contributed by atoms with Gasteiger partial charge in [-0.25, -0.2) is 23.1 Å². The SMILES string of the molecule is CC/C(=C1\c2cc3cnn(-c4ccccn4)c3cc2COc2ncccc21)c1cccc(NS(C)(=O)=O)c1. The summed E-state index contributed by atoms with van der Waals surface area (Å²) in [5.74, 6) is 1.30.